The fraction of sp³-hybridized carbons (Fsp3) is 0.286. The number of amides is 1. The number of carbonyl (C=O) groups excluding carboxylic acids is 1. The number of ether oxygens (including phenoxy) is 1. The smallest absolute Gasteiger partial charge is 0.277 e. The Morgan fingerprint density at radius 1 is 1.09 bits per heavy atom. The topological polar surface area (TPSA) is 137 Å². The first-order valence-corrected chi connectivity index (χ1v) is 10.6. The maximum atomic E-state index is 12.2. The molecule has 1 aromatic heterocycles. The van der Waals surface area contributed by atoms with Crippen LogP contribution in [0.3, 0.4) is 0 Å². The van der Waals surface area contributed by atoms with Gasteiger partial charge in [0.2, 0.25) is 5.95 Å². The van der Waals surface area contributed by atoms with Gasteiger partial charge in [0.1, 0.15) is 23.7 Å². The molecule has 1 saturated heterocycles. The summed E-state index contributed by atoms with van der Waals surface area (Å²) in [5.74, 6) is 0.369. The lowest BCUT2D eigenvalue weighted by atomic mass is 10.1. The van der Waals surface area contributed by atoms with E-state index in [0.717, 1.165) is 0 Å². The third-order valence-corrected chi connectivity index (χ3v) is 5.47. The normalized spacial score (nSPS) is 13.8. The molecule has 12 heteroatoms. The van der Waals surface area contributed by atoms with Crippen molar-refractivity contribution in [2.45, 2.75) is 0 Å². The molecule has 2 heterocycles. The Morgan fingerprint density at radius 2 is 1.79 bits per heavy atom. The highest BCUT2D eigenvalue weighted by atomic mass is 35.5. The predicted molar refractivity (Wildman–Crippen MR) is 123 cm³/mol. The summed E-state index contributed by atoms with van der Waals surface area (Å²) in [5.41, 5.74) is 1.32. The van der Waals surface area contributed by atoms with Crippen molar-refractivity contribution in [2.24, 2.45) is 0 Å². The number of hydrogen-bond donors (Lipinski definition) is 3. The minimum atomic E-state index is -0.690. The van der Waals surface area contributed by atoms with Gasteiger partial charge in [0.15, 0.2) is 0 Å². The maximum Gasteiger partial charge on any atom is 0.277 e. The summed E-state index contributed by atoms with van der Waals surface area (Å²) in [6.07, 6.45) is 2.65. The van der Waals surface area contributed by atoms with Crippen LogP contribution < -0.4 is 36.2 Å². The van der Waals surface area contributed by atoms with E-state index in [2.05, 4.69) is 15.3 Å². The monoisotopic (exact) mass is 472 g/mol. The number of halogens is 1. The van der Waals surface area contributed by atoms with E-state index in [4.69, 9.17) is 21.5 Å². The van der Waals surface area contributed by atoms with Crippen molar-refractivity contribution in [2.75, 3.05) is 54.4 Å². The lowest BCUT2D eigenvalue weighted by Gasteiger charge is -2.37. The number of rotatable bonds is 8. The largest absolute Gasteiger partial charge is 0.492 e. The SMILES string of the molecule is O=C(NO)c1cnc(N2CCN(c3c(NCCOc4cccc(Cl)c4)c(=O)c3=O)CC2)nc1. The van der Waals surface area contributed by atoms with Crippen molar-refractivity contribution in [3.8, 4) is 5.75 Å². The number of benzene rings is 1. The molecule has 0 aliphatic carbocycles. The second-order valence-electron chi connectivity index (χ2n) is 7.30. The Labute approximate surface area is 193 Å². The zero-order valence-electron chi connectivity index (χ0n) is 17.5. The van der Waals surface area contributed by atoms with Crippen LogP contribution >= 0.6 is 11.6 Å². The predicted octanol–water partition coefficient (Wildman–Crippen LogP) is 0.662. The molecule has 33 heavy (non-hydrogen) atoms. The molecule has 0 atom stereocenters. The van der Waals surface area contributed by atoms with Crippen molar-refractivity contribution in [1.29, 1.82) is 0 Å². The molecule has 0 unspecified atom stereocenters. The van der Waals surface area contributed by atoms with Gasteiger partial charge in [-0.25, -0.2) is 15.4 Å². The highest BCUT2D eigenvalue weighted by Crippen LogP contribution is 2.23. The molecule has 4 rings (SSSR count). The van der Waals surface area contributed by atoms with Gasteiger partial charge in [0, 0.05) is 50.1 Å². The van der Waals surface area contributed by atoms with Gasteiger partial charge in [-0.1, -0.05) is 17.7 Å². The van der Waals surface area contributed by atoms with E-state index in [9.17, 15) is 14.4 Å². The summed E-state index contributed by atoms with van der Waals surface area (Å²) in [7, 11) is 0. The van der Waals surface area contributed by atoms with E-state index >= 15 is 0 Å². The molecule has 3 N–H and O–H groups in total. The van der Waals surface area contributed by atoms with Crippen LogP contribution in [0, 0.1) is 0 Å². The summed E-state index contributed by atoms with van der Waals surface area (Å²) in [6, 6.07) is 7.01. The average molecular weight is 473 g/mol. The zero-order chi connectivity index (χ0) is 23.4. The van der Waals surface area contributed by atoms with Gasteiger partial charge in [-0.3, -0.25) is 19.6 Å². The molecule has 0 saturated carbocycles. The Bertz CT molecular complexity index is 1200. The lowest BCUT2D eigenvalue weighted by molar-refractivity contribution is 0.0705. The standard InChI is InChI=1S/C21H21ClN6O5/c22-14-2-1-3-15(10-14)33-9-4-23-16-17(19(30)18(16)29)27-5-7-28(8-6-27)21-24-11-13(12-25-21)20(31)26-32/h1-3,10-12,23,32H,4-9H2,(H,26,31). The Balaban J connectivity index is 1.31. The van der Waals surface area contributed by atoms with E-state index < -0.39 is 16.8 Å². The number of anilines is 3. The fourth-order valence-electron chi connectivity index (χ4n) is 3.54. The van der Waals surface area contributed by atoms with Gasteiger partial charge in [-0.2, -0.15) is 0 Å². The van der Waals surface area contributed by atoms with Crippen LogP contribution in [0.5, 0.6) is 5.75 Å². The van der Waals surface area contributed by atoms with Gasteiger partial charge in [-0.15, -0.1) is 0 Å². The van der Waals surface area contributed by atoms with Gasteiger partial charge >= 0.3 is 0 Å². The number of piperazine rings is 1. The molecule has 1 amide bonds. The van der Waals surface area contributed by atoms with Crippen LogP contribution in [0.4, 0.5) is 17.3 Å². The van der Waals surface area contributed by atoms with E-state index in [1.54, 1.807) is 24.3 Å². The minimum absolute atomic E-state index is 0.138. The minimum Gasteiger partial charge on any atom is -0.492 e. The molecule has 0 spiro atoms. The highest BCUT2D eigenvalue weighted by Gasteiger charge is 2.29. The van der Waals surface area contributed by atoms with Crippen LogP contribution in [0.25, 0.3) is 0 Å². The van der Waals surface area contributed by atoms with Gasteiger partial charge in [0.25, 0.3) is 16.8 Å². The van der Waals surface area contributed by atoms with E-state index in [-0.39, 0.29) is 5.56 Å². The molecule has 1 aliphatic heterocycles. The Kier molecular flexibility index (Phi) is 6.71. The fourth-order valence-corrected chi connectivity index (χ4v) is 3.72. The van der Waals surface area contributed by atoms with Gasteiger partial charge in [-0.05, 0) is 18.2 Å². The van der Waals surface area contributed by atoms with Crippen molar-refractivity contribution < 1.29 is 14.7 Å². The zero-order valence-corrected chi connectivity index (χ0v) is 18.2. The number of carbonyl (C=O) groups is 1. The molecule has 1 fully saturated rings. The second kappa shape index (κ2) is 9.84. The lowest BCUT2D eigenvalue weighted by Crippen LogP contribution is -2.52. The van der Waals surface area contributed by atoms with Crippen LogP contribution in [-0.2, 0) is 0 Å². The van der Waals surface area contributed by atoms with E-state index in [1.165, 1.54) is 17.9 Å². The molecule has 1 aliphatic rings. The molecule has 2 aromatic carbocycles. The summed E-state index contributed by atoms with van der Waals surface area (Å²) in [4.78, 5) is 47.8. The first-order chi connectivity index (χ1) is 16.0. The van der Waals surface area contributed by atoms with Crippen LogP contribution in [0.15, 0.2) is 46.2 Å². The van der Waals surface area contributed by atoms with Crippen LogP contribution in [-0.4, -0.2) is 60.4 Å². The second-order valence-corrected chi connectivity index (χ2v) is 7.74. The summed E-state index contributed by atoms with van der Waals surface area (Å²) >= 11 is 5.93. The summed E-state index contributed by atoms with van der Waals surface area (Å²) in [5, 5.41) is 12.2. The van der Waals surface area contributed by atoms with Crippen LogP contribution in [0.2, 0.25) is 5.02 Å². The number of nitrogens with one attached hydrogen (secondary N) is 2. The molecular weight excluding hydrogens is 452 g/mol. The quantitative estimate of drug-likeness (QED) is 0.185. The number of aromatic nitrogens is 2. The molecular formula is C21H21ClN6O5. The number of nitrogens with zero attached hydrogens (tertiary/aromatic N) is 4. The maximum absolute atomic E-state index is 12.2. The highest BCUT2D eigenvalue weighted by molar-refractivity contribution is 6.30. The summed E-state index contributed by atoms with van der Waals surface area (Å²) in [6.45, 7) is 2.71. The molecule has 172 valence electrons. The number of hydrogen-bond acceptors (Lipinski definition) is 10. The first-order valence-electron chi connectivity index (χ1n) is 10.2. The third-order valence-electron chi connectivity index (χ3n) is 5.23. The van der Waals surface area contributed by atoms with Crippen molar-refractivity contribution in [3.05, 3.63) is 67.7 Å². The van der Waals surface area contributed by atoms with Crippen molar-refractivity contribution >= 4 is 34.8 Å². The number of hydroxylamine groups is 1. The van der Waals surface area contributed by atoms with E-state index in [1.807, 2.05) is 9.80 Å². The Hall–Kier alpha value is -3.70. The third kappa shape index (κ3) is 4.89. The van der Waals surface area contributed by atoms with Gasteiger partial charge < -0.3 is 19.9 Å². The first kappa shape index (κ1) is 22.5. The van der Waals surface area contributed by atoms with Gasteiger partial charge in [0.05, 0.1) is 5.56 Å². The van der Waals surface area contributed by atoms with Crippen LogP contribution in [0.1, 0.15) is 10.4 Å². The van der Waals surface area contributed by atoms with E-state index in [0.29, 0.717) is 67.4 Å². The molecule has 3 aromatic rings. The molecule has 0 bridgehead atoms. The van der Waals surface area contributed by atoms with Crippen molar-refractivity contribution in [3.63, 3.8) is 0 Å². The Morgan fingerprint density at radius 3 is 2.45 bits per heavy atom. The average Bonchev–Trinajstić information content (AvgIpc) is 2.85. The molecule has 11 nitrogen and oxygen atoms in total. The molecule has 0 radical (unpaired) electrons. The van der Waals surface area contributed by atoms with Crippen molar-refractivity contribution in [1.82, 2.24) is 15.4 Å². The summed E-state index contributed by atoms with van der Waals surface area (Å²) < 4.78 is 5.60.